The first-order valence-electron chi connectivity index (χ1n) is 11.0. The minimum absolute atomic E-state index is 0.0523. The van der Waals surface area contributed by atoms with Gasteiger partial charge in [0.15, 0.2) is 15.9 Å². The second-order valence-corrected chi connectivity index (χ2v) is 11.0. The average molecular weight is 488 g/mol. The maximum Gasteiger partial charge on any atom is 0.258 e. The Morgan fingerprint density at radius 2 is 1.74 bits per heavy atom. The molecular weight excluding hydrogens is 462 g/mol. The summed E-state index contributed by atoms with van der Waals surface area (Å²) < 4.78 is 3.71. The van der Waals surface area contributed by atoms with E-state index in [9.17, 15) is 4.79 Å². The van der Waals surface area contributed by atoms with Gasteiger partial charge >= 0.3 is 0 Å². The lowest BCUT2D eigenvalue weighted by molar-refractivity contribution is 0.590. The lowest BCUT2D eigenvalue weighted by Crippen LogP contribution is -2.14. The number of benzene rings is 2. The van der Waals surface area contributed by atoms with Crippen LogP contribution < -0.4 is 5.56 Å². The zero-order valence-electron chi connectivity index (χ0n) is 19.5. The Balaban J connectivity index is 1.51. The molecule has 5 aromatic rings. The van der Waals surface area contributed by atoms with Crippen molar-refractivity contribution in [3.05, 3.63) is 93.3 Å². The molecule has 0 aliphatic rings. The van der Waals surface area contributed by atoms with Crippen LogP contribution in [0.3, 0.4) is 0 Å². The maximum atomic E-state index is 12.6. The molecule has 0 radical (unpaired) electrons. The minimum atomic E-state index is -0.0523. The summed E-state index contributed by atoms with van der Waals surface area (Å²) in [7, 11) is 0. The minimum Gasteiger partial charge on any atom is -0.270 e. The van der Waals surface area contributed by atoms with Gasteiger partial charge in [-0.05, 0) is 30.0 Å². The van der Waals surface area contributed by atoms with Gasteiger partial charge in [-0.3, -0.25) is 13.8 Å². The van der Waals surface area contributed by atoms with Crippen molar-refractivity contribution in [1.82, 2.24) is 24.1 Å². The lowest BCUT2D eigenvalue weighted by atomic mass is 9.87. The van der Waals surface area contributed by atoms with Crippen molar-refractivity contribution in [3.63, 3.8) is 0 Å². The number of fused-ring (bicyclic) bond motifs is 1. The van der Waals surface area contributed by atoms with E-state index in [2.05, 4.69) is 64.8 Å². The molecule has 0 spiro atoms. The molecule has 0 N–H and O–H groups in total. The second-order valence-electron chi connectivity index (χ2n) is 9.17. The van der Waals surface area contributed by atoms with Crippen LogP contribution in [-0.4, -0.2) is 24.1 Å². The van der Waals surface area contributed by atoms with Gasteiger partial charge in [0.1, 0.15) is 0 Å². The average Bonchev–Trinajstić information content (AvgIpc) is 3.41. The van der Waals surface area contributed by atoms with E-state index in [1.165, 1.54) is 28.7 Å². The molecule has 3 heterocycles. The smallest absolute Gasteiger partial charge is 0.258 e. The van der Waals surface area contributed by atoms with Crippen molar-refractivity contribution in [1.29, 1.82) is 0 Å². The van der Waals surface area contributed by atoms with Crippen molar-refractivity contribution in [2.45, 2.75) is 44.0 Å². The molecule has 0 saturated heterocycles. The van der Waals surface area contributed by atoms with E-state index < -0.39 is 0 Å². The molecule has 0 saturated carbocycles. The Hall–Kier alpha value is -3.23. The fourth-order valence-electron chi connectivity index (χ4n) is 3.79. The van der Waals surface area contributed by atoms with Crippen molar-refractivity contribution >= 4 is 28.1 Å². The molecule has 8 heteroatoms. The molecule has 0 amide bonds. The number of hydrogen-bond acceptors (Lipinski definition) is 6. The number of para-hydroxylation sites is 1. The van der Waals surface area contributed by atoms with Crippen LogP contribution in [0.15, 0.2) is 76.0 Å². The first-order chi connectivity index (χ1) is 16.3. The van der Waals surface area contributed by atoms with Crippen LogP contribution in [0.25, 0.3) is 22.0 Å². The number of hydrogen-bond donors (Lipinski definition) is 0. The largest absolute Gasteiger partial charge is 0.270 e. The monoisotopic (exact) mass is 487 g/mol. The van der Waals surface area contributed by atoms with Crippen LogP contribution >= 0.6 is 23.1 Å². The molecule has 0 aliphatic carbocycles. The van der Waals surface area contributed by atoms with Crippen LogP contribution in [0.1, 0.15) is 37.7 Å². The predicted octanol–water partition coefficient (Wildman–Crippen LogP) is 5.90. The Kier molecular flexibility index (Phi) is 5.87. The second kappa shape index (κ2) is 8.85. The molecular formula is C26H25N5OS2. The van der Waals surface area contributed by atoms with Gasteiger partial charge in [-0.25, -0.2) is 4.98 Å². The SMILES string of the molecule is Cc1csc2nc(CSc3nnc(-c4ccc(C(C)(C)C)cc4)n3-c3ccccc3)cc(=O)n12. The Labute approximate surface area is 206 Å². The highest BCUT2D eigenvalue weighted by atomic mass is 32.2. The molecule has 0 bridgehead atoms. The van der Waals surface area contributed by atoms with Crippen molar-refractivity contribution in [2.24, 2.45) is 0 Å². The number of thioether (sulfide) groups is 1. The normalized spacial score (nSPS) is 11.9. The number of thiazole rings is 1. The molecule has 0 unspecified atom stereocenters. The summed E-state index contributed by atoms with van der Waals surface area (Å²) in [4.78, 5) is 17.9. The summed E-state index contributed by atoms with van der Waals surface area (Å²) in [5.74, 6) is 1.31. The Morgan fingerprint density at radius 1 is 1.00 bits per heavy atom. The molecule has 0 fully saturated rings. The molecule has 3 aromatic heterocycles. The Morgan fingerprint density at radius 3 is 2.44 bits per heavy atom. The van der Waals surface area contributed by atoms with Gasteiger partial charge in [0.2, 0.25) is 0 Å². The van der Waals surface area contributed by atoms with E-state index in [1.807, 2.05) is 42.6 Å². The van der Waals surface area contributed by atoms with Gasteiger partial charge in [0, 0.05) is 34.1 Å². The van der Waals surface area contributed by atoms with E-state index >= 15 is 0 Å². The molecule has 0 aliphatic heterocycles. The van der Waals surface area contributed by atoms with E-state index in [1.54, 1.807) is 10.5 Å². The fraction of sp³-hybridized carbons (Fsp3) is 0.231. The third-order valence-corrected chi connectivity index (χ3v) is 7.54. The summed E-state index contributed by atoms with van der Waals surface area (Å²) in [6, 6.07) is 20.2. The Bertz CT molecular complexity index is 1510. The first kappa shape index (κ1) is 22.6. The van der Waals surface area contributed by atoms with Gasteiger partial charge in [-0.1, -0.05) is 75.0 Å². The van der Waals surface area contributed by atoms with Crippen molar-refractivity contribution in [2.75, 3.05) is 0 Å². The summed E-state index contributed by atoms with van der Waals surface area (Å²) in [5.41, 5.74) is 4.93. The third-order valence-electron chi connectivity index (χ3n) is 5.63. The molecule has 6 nitrogen and oxygen atoms in total. The molecule has 34 heavy (non-hydrogen) atoms. The standard InChI is InChI=1S/C26H25N5OS2/c1-17-15-33-24-27-20(14-22(32)30(17)24)16-34-25-29-28-23(31(25)21-8-6-5-7-9-21)18-10-12-19(13-11-18)26(2,3)4/h5-15H,16H2,1-4H3. The maximum absolute atomic E-state index is 12.6. The molecule has 2 aromatic carbocycles. The summed E-state index contributed by atoms with van der Waals surface area (Å²) in [5, 5.41) is 11.8. The molecule has 5 rings (SSSR count). The van der Waals surface area contributed by atoms with E-state index in [0.29, 0.717) is 10.7 Å². The van der Waals surface area contributed by atoms with Gasteiger partial charge < -0.3 is 0 Å². The van der Waals surface area contributed by atoms with Crippen LogP contribution in [0, 0.1) is 6.92 Å². The topological polar surface area (TPSA) is 65.1 Å². The van der Waals surface area contributed by atoms with Crippen LogP contribution in [0.2, 0.25) is 0 Å². The number of nitrogens with zero attached hydrogens (tertiary/aromatic N) is 5. The van der Waals surface area contributed by atoms with Crippen LogP contribution in [0.5, 0.6) is 0 Å². The van der Waals surface area contributed by atoms with E-state index in [-0.39, 0.29) is 11.0 Å². The summed E-state index contributed by atoms with van der Waals surface area (Å²) >= 11 is 3.00. The van der Waals surface area contributed by atoms with E-state index in [0.717, 1.165) is 33.6 Å². The summed E-state index contributed by atoms with van der Waals surface area (Å²) in [6.45, 7) is 8.53. The highest BCUT2D eigenvalue weighted by Gasteiger charge is 2.19. The number of rotatable bonds is 5. The zero-order chi connectivity index (χ0) is 23.9. The van der Waals surface area contributed by atoms with Gasteiger partial charge in [0.25, 0.3) is 5.56 Å². The predicted molar refractivity (Wildman–Crippen MR) is 139 cm³/mol. The molecule has 172 valence electrons. The van der Waals surface area contributed by atoms with Crippen LogP contribution in [-0.2, 0) is 11.2 Å². The summed E-state index contributed by atoms with van der Waals surface area (Å²) in [6.07, 6.45) is 0. The lowest BCUT2D eigenvalue weighted by Gasteiger charge is -2.19. The highest BCUT2D eigenvalue weighted by molar-refractivity contribution is 7.98. The van der Waals surface area contributed by atoms with Gasteiger partial charge in [-0.2, -0.15) is 0 Å². The van der Waals surface area contributed by atoms with Crippen molar-refractivity contribution < 1.29 is 0 Å². The van der Waals surface area contributed by atoms with Gasteiger partial charge in [0.05, 0.1) is 5.69 Å². The van der Waals surface area contributed by atoms with Crippen LogP contribution in [0.4, 0.5) is 0 Å². The van der Waals surface area contributed by atoms with Crippen molar-refractivity contribution in [3.8, 4) is 17.1 Å². The van der Waals surface area contributed by atoms with E-state index in [4.69, 9.17) is 0 Å². The number of aryl methyl sites for hydroxylation is 1. The zero-order valence-corrected chi connectivity index (χ0v) is 21.2. The third kappa shape index (κ3) is 4.31. The highest BCUT2D eigenvalue weighted by Crippen LogP contribution is 2.31. The molecule has 0 atom stereocenters. The number of aromatic nitrogens is 5. The fourth-order valence-corrected chi connectivity index (χ4v) is 5.53. The quantitative estimate of drug-likeness (QED) is 0.289. The van der Waals surface area contributed by atoms with Gasteiger partial charge in [-0.15, -0.1) is 21.5 Å². The first-order valence-corrected chi connectivity index (χ1v) is 12.9.